The lowest BCUT2D eigenvalue weighted by Gasteiger charge is -2.29. The van der Waals surface area contributed by atoms with Crippen molar-refractivity contribution in [1.29, 1.82) is 10.5 Å². The number of nitriles is 2. The number of hydrogen-bond donors (Lipinski definition) is 0. The topological polar surface area (TPSA) is 100 Å². The maximum absolute atomic E-state index is 12.5. The summed E-state index contributed by atoms with van der Waals surface area (Å²) in [6.45, 7) is 0. The van der Waals surface area contributed by atoms with Crippen LogP contribution in [0.4, 0.5) is 0 Å². The number of esters is 2. The highest BCUT2D eigenvalue weighted by Gasteiger charge is 2.32. The minimum Gasteiger partial charge on any atom is -0.457 e. The number of carbonyl (C=O) groups excluding carboxylic acids is 2. The van der Waals surface area contributed by atoms with E-state index in [1.807, 2.05) is 0 Å². The van der Waals surface area contributed by atoms with Crippen LogP contribution < -0.4 is 0 Å². The highest BCUT2D eigenvalue weighted by atomic mass is 33.1. The van der Waals surface area contributed by atoms with Gasteiger partial charge in [-0.15, -0.1) is 0 Å². The molecule has 8 heteroatoms. The average molecular weight is 651 g/mol. The van der Waals surface area contributed by atoms with Crippen LogP contribution in [0.5, 0.6) is 0 Å². The molecule has 1 heterocycles. The molecule has 1 aliphatic heterocycles. The summed E-state index contributed by atoms with van der Waals surface area (Å²) in [4.78, 5) is 25.0. The Hall–Kier alpha value is -1.38. The Morgan fingerprint density at radius 2 is 0.705 bits per heavy atom. The molecule has 6 nitrogen and oxygen atoms in total. The summed E-state index contributed by atoms with van der Waals surface area (Å²) >= 11 is 0. The molecule has 0 aromatic heterocycles. The third-order valence-electron chi connectivity index (χ3n) is 8.37. The first-order valence-corrected chi connectivity index (χ1v) is 20.5. The van der Waals surface area contributed by atoms with Crippen LogP contribution in [0, 0.1) is 22.7 Å². The molecule has 0 aliphatic carbocycles. The second-order valence-corrected chi connectivity index (χ2v) is 15.0. The van der Waals surface area contributed by atoms with Crippen LogP contribution in [-0.2, 0) is 19.1 Å². The fourth-order valence-corrected chi connectivity index (χ4v) is 8.01. The first-order valence-electron chi connectivity index (χ1n) is 18.0. The minimum absolute atomic E-state index is 0.158. The Kier molecular flexibility index (Phi) is 29.2. The summed E-state index contributed by atoms with van der Waals surface area (Å²) in [6.07, 6.45) is 30.2. The van der Waals surface area contributed by atoms with E-state index in [-0.39, 0.29) is 24.1 Å². The number of ether oxygens (including phenoxy) is 2. The van der Waals surface area contributed by atoms with Crippen molar-refractivity contribution in [2.75, 3.05) is 11.5 Å². The normalized spacial score (nSPS) is 16.2. The monoisotopic (exact) mass is 650 g/mol. The number of rotatable bonds is 30. The lowest BCUT2D eigenvalue weighted by molar-refractivity contribution is -0.164. The van der Waals surface area contributed by atoms with E-state index >= 15 is 0 Å². The maximum atomic E-state index is 12.5. The number of hydrogen-bond acceptors (Lipinski definition) is 8. The smallest absolute Gasteiger partial charge is 0.306 e. The van der Waals surface area contributed by atoms with E-state index in [1.54, 1.807) is 21.6 Å². The molecule has 1 aliphatic rings. The van der Waals surface area contributed by atoms with Gasteiger partial charge in [0.1, 0.15) is 12.2 Å². The molecule has 0 unspecified atom stereocenters. The second kappa shape index (κ2) is 31.6. The third kappa shape index (κ3) is 25.9. The Labute approximate surface area is 277 Å². The van der Waals surface area contributed by atoms with Gasteiger partial charge in [-0.05, 0) is 25.7 Å². The zero-order valence-corrected chi connectivity index (χ0v) is 29.3. The molecule has 2 atom stereocenters. The van der Waals surface area contributed by atoms with E-state index in [4.69, 9.17) is 20.0 Å². The van der Waals surface area contributed by atoms with Gasteiger partial charge in [-0.1, -0.05) is 150 Å². The van der Waals surface area contributed by atoms with E-state index in [2.05, 4.69) is 12.1 Å². The average Bonchev–Trinajstić information content (AvgIpc) is 3.02. The fraction of sp³-hybridized carbons (Fsp3) is 0.889. The number of carbonyl (C=O) groups is 2. The van der Waals surface area contributed by atoms with Crippen molar-refractivity contribution in [3.05, 3.63) is 0 Å². The Balaban J connectivity index is 1.98. The molecule has 0 spiro atoms. The largest absolute Gasteiger partial charge is 0.457 e. The van der Waals surface area contributed by atoms with Gasteiger partial charge in [-0.2, -0.15) is 10.5 Å². The van der Waals surface area contributed by atoms with Crippen LogP contribution in [0.25, 0.3) is 0 Å². The van der Waals surface area contributed by atoms with E-state index in [0.717, 1.165) is 38.5 Å². The Bertz CT molecular complexity index is 719. The number of unbranched alkanes of at least 4 members (excludes halogenated alkanes) is 24. The van der Waals surface area contributed by atoms with Crippen LogP contribution in [0.15, 0.2) is 0 Å². The van der Waals surface area contributed by atoms with Gasteiger partial charge in [0.15, 0.2) is 0 Å². The lowest BCUT2D eigenvalue weighted by atomic mass is 10.0. The van der Waals surface area contributed by atoms with Crippen molar-refractivity contribution in [3.8, 4) is 12.1 Å². The first kappa shape index (κ1) is 40.6. The van der Waals surface area contributed by atoms with Gasteiger partial charge in [0.05, 0.1) is 12.1 Å². The summed E-state index contributed by atoms with van der Waals surface area (Å²) in [5.74, 6) is 1.04. The fourth-order valence-electron chi connectivity index (χ4n) is 5.60. The van der Waals surface area contributed by atoms with Gasteiger partial charge in [-0.25, -0.2) is 0 Å². The van der Waals surface area contributed by atoms with E-state index in [1.165, 1.54) is 116 Å². The molecule has 1 saturated heterocycles. The minimum atomic E-state index is -0.332. The summed E-state index contributed by atoms with van der Waals surface area (Å²) in [7, 11) is 3.38. The highest BCUT2D eigenvalue weighted by Crippen LogP contribution is 2.33. The van der Waals surface area contributed by atoms with Crippen molar-refractivity contribution in [3.63, 3.8) is 0 Å². The van der Waals surface area contributed by atoms with Gasteiger partial charge in [0.2, 0.25) is 0 Å². The molecule has 0 aromatic rings. The highest BCUT2D eigenvalue weighted by molar-refractivity contribution is 8.76. The van der Waals surface area contributed by atoms with Crippen LogP contribution >= 0.6 is 21.6 Å². The third-order valence-corrected chi connectivity index (χ3v) is 10.8. The summed E-state index contributed by atoms with van der Waals surface area (Å²) in [5, 5.41) is 17.1. The molecule has 0 radical (unpaired) electrons. The van der Waals surface area contributed by atoms with E-state index < -0.39 is 0 Å². The molecule has 44 heavy (non-hydrogen) atoms. The van der Waals surface area contributed by atoms with Crippen molar-refractivity contribution >= 4 is 33.5 Å². The van der Waals surface area contributed by atoms with Gasteiger partial charge in [0.25, 0.3) is 0 Å². The Morgan fingerprint density at radius 1 is 0.455 bits per heavy atom. The molecule has 0 bridgehead atoms. The van der Waals surface area contributed by atoms with Gasteiger partial charge in [-0.3, -0.25) is 9.59 Å². The lowest BCUT2D eigenvalue weighted by Crippen LogP contribution is -2.40. The van der Waals surface area contributed by atoms with Crippen LogP contribution in [-0.4, -0.2) is 35.7 Å². The van der Waals surface area contributed by atoms with Gasteiger partial charge >= 0.3 is 11.9 Å². The molecule has 1 fully saturated rings. The summed E-state index contributed by atoms with van der Waals surface area (Å²) in [6, 6.07) is 4.42. The molecule has 252 valence electrons. The van der Waals surface area contributed by atoms with Gasteiger partial charge < -0.3 is 9.47 Å². The van der Waals surface area contributed by atoms with Gasteiger partial charge in [0, 0.05) is 37.2 Å². The molecule has 1 rings (SSSR count). The molecule has 0 saturated carbocycles. The van der Waals surface area contributed by atoms with Crippen LogP contribution in [0.3, 0.4) is 0 Å². The first-order chi connectivity index (χ1) is 21.7. The maximum Gasteiger partial charge on any atom is 0.306 e. The van der Waals surface area contributed by atoms with E-state index in [0.29, 0.717) is 37.2 Å². The predicted molar refractivity (Wildman–Crippen MR) is 185 cm³/mol. The zero-order valence-electron chi connectivity index (χ0n) is 27.7. The zero-order chi connectivity index (χ0) is 31.8. The van der Waals surface area contributed by atoms with Crippen molar-refractivity contribution in [2.45, 2.75) is 192 Å². The molecule has 0 aromatic carbocycles. The van der Waals surface area contributed by atoms with Crippen LogP contribution in [0.2, 0.25) is 0 Å². The number of nitrogens with zero attached hydrogens (tertiary/aromatic N) is 2. The van der Waals surface area contributed by atoms with Crippen LogP contribution in [0.1, 0.15) is 180 Å². The van der Waals surface area contributed by atoms with Crippen molar-refractivity contribution < 1.29 is 19.1 Å². The Morgan fingerprint density at radius 3 is 0.977 bits per heavy atom. The molecule has 0 amide bonds. The molecular weight excluding hydrogens is 589 g/mol. The standard InChI is InChI=1S/C36H62N2O4S2/c37-29-25-21-17-13-9-5-1-3-7-11-15-19-23-27-35(39)41-33-31-43-44-32-34(33)42-36(40)28-24-20-16-12-8-4-2-6-10-14-18-22-26-30-38/h33-34H,1-28,31-32H2/t33-,34-/m0/s1. The summed E-state index contributed by atoms with van der Waals surface area (Å²) in [5.41, 5.74) is 0. The van der Waals surface area contributed by atoms with Crippen molar-refractivity contribution in [1.82, 2.24) is 0 Å². The second-order valence-electron chi connectivity index (χ2n) is 12.4. The molecular formula is C36H62N2O4S2. The van der Waals surface area contributed by atoms with E-state index in [9.17, 15) is 9.59 Å². The predicted octanol–water partition coefficient (Wildman–Crippen LogP) is 11.2. The van der Waals surface area contributed by atoms with Crippen molar-refractivity contribution in [2.24, 2.45) is 0 Å². The summed E-state index contributed by atoms with van der Waals surface area (Å²) < 4.78 is 11.5. The quantitative estimate of drug-likeness (QED) is 0.0430. The molecule has 0 N–H and O–H groups in total. The SMILES string of the molecule is N#CCCCCCCCCCCCCCCC(=O)O[C@H]1CSSC[C@@H]1OC(=O)CCCCCCCCCCCCCCC#N.